The maximum absolute atomic E-state index is 13.0. The van der Waals surface area contributed by atoms with Crippen molar-refractivity contribution in [3.05, 3.63) is 65.2 Å². The van der Waals surface area contributed by atoms with Crippen LogP contribution in [0, 0.1) is 0 Å². The van der Waals surface area contributed by atoms with E-state index in [1.54, 1.807) is 29.2 Å². The second-order valence-electron chi connectivity index (χ2n) is 7.72. The van der Waals surface area contributed by atoms with E-state index in [2.05, 4.69) is 22.3 Å². The first-order valence-electron chi connectivity index (χ1n) is 10.4. The Bertz CT molecular complexity index is 960. The summed E-state index contributed by atoms with van der Waals surface area (Å²) in [4.78, 5) is 44.1. The van der Waals surface area contributed by atoms with Crippen molar-refractivity contribution in [1.82, 2.24) is 15.1 Å². The molecule has 8 heteroatoms. The number of nitrogens with one attached hydrogen (secondary N) is 1. The van der Waals surface area contributed by atoms with Crippen LogP contribution in [0.2, 0.25) is 5.02 Å². The minimum atomic E-state index is -0.820. The summed E-state index contributed by atoms with van der Waals surface area (Å²) < 4.78 is 0. The van der Waals surface area contributed by atoms with Gasteiger partial charge in [-0.3, -0.25) is 14.4 Å². The summed E-state index contributed by atoms with van der Waals surface area (Å²) in [5.41, 5.74) is 1.55. The second kappa shape index (κ2) is 9.39. The number of hydrogen-bond acceptors (Lipinski definition) is 4. The molecule has 162 valence electrons. The number of amides is 3. The van der Waals surface area contributed by atoms with E-state index in [-0.39, 0.29) is 24.1 Å². The van der Waals surface area contributed by atoms with Crippen LogP contribution < -0.4 is 10.2 Å². The zero-order valence-corrected chi connectivity index (χ0v) is 17.9. The summed E-state index contributed by atoms with van der Waals surface area (Å²) in [5.74, 6) is -0.694. The normalized spacial score (nSPS) is 19.2. The largest absolute Gasteiger partial charge is 0.368 e. The smallest absolute Gasteiger partial charge is 0.254 e. The molecule has 2 aromatic carbocycles. The Kier molecular flexibility index (Phi) is 6.42. The van der Waals surface area contributed by atoms with Gasteiger partial charge in [0.25, 0.3) is 5.91 Å². The molecule has 0 radical (unpaired) electrons. The van der Waals surface area contributed by atoms with Gasteiger partial charge < -0.3 is 20.0 Å². The zero-order chi connectivity index (χ0) is 21.8. The van der Waals surface area contributed by atoms with Crippen molar-refractivity contribution in [1.29, 1.82) is 0 Å². The van der Waals surface area contributed by atoms with Gasteiger partial charge in [0.2, 0.25) is 11.8 Å². The summed E-state index contributed by atoms with van der Waals surface area (Å²) in [7, 11) is 0. The fourth-order valence-electron chi connectivity index (χ4n) is 4.10. The van der Waals surface area contributed by atoms with Crippen molar-refractivity contribution in [2.75, 3.05) is 44.2 Å². The molecule has 2 aliphatic rings. The number of para-hydroxylation sites is 1. The molecule has 0 bridgehead atoms. The highest BCUT2D eigenvalue weighted by Crippen LogP contribution is 2.20. The number of nitrogens with zero attached hydrogens (tertiary/aromatic N) is 3. The lowest BCUT2D eigenvalue weighted by molar-refractivity contribution is -0.138. The molecule has 7 nitrogen and oxygen atoms in total. The molecule has 2 aliphatic heterocycles. The van der Waals surface area contributed by atoms with Crippen LogP contribution in [0.3, 0.4) is 0 Å². The molecular formula is C23H25ClN4O3. The van der Waals surface area contributed by atoms with Gasteiger partial charge in [-0.25, -0.2) is 0 Å². The first-order valence-corrected chi connectivity index (χ1v) is 10.8. The molecule has 2 heterocycles. The summed E-state index contributed by atoms with van der Waals surface area (Å²) in [6.07, 6.45) is -0.0243. The Balaban J connectivity index is 1.41. The van der Waals surface area contributed by atoms with Gasteiger partial charge >= 0.3 is 0 Å². The number of benzene rings is 2. The predicted molar refractivity (Wildman–Crippen MR) is 119 cm³/mol. The number of carbonyl (C=O) groups excluding carboxylic acids is 3. The van der Waals surface area contributed by atoms with Gasteiger partial charge in [-0.05, 0) is 30.3 Å². The lowest BCUT2D eigenvalue weighted by atomic mass is 10.1. The molecule has 3 amide bonds. The van der Waals surface area contributed by atoms with Crippen molar-refractivity contribution >= 4 is 35.0 Å². The first kappa shape index (κ1) is 21.2. The number of piperazine rings is 2. The number of hydrogen-bond donors (Lipinski definition) is 1. The van der Waals surface area contributed by atoms with Crippen LogP contribution >= 0.6 is 11.6 Å². The third-order valence-corrected chi connectivity index (χ3v) is 6.02. The summed E-state index contributed by atoms with van der Waals surface area (Å²) in [6, 6.07) is 15.9. The number of halogens is 1. The third-order valence-electron chi connectivity index (χ3n) is 5.78. The van der Waals surface area contributed by atoms with Gasteiger partial charge in [0.1, 0.15) is 6.04 Å². The van der Waals surface area contributed by atoms with E-state index in [0.29, 0.717) is 36.8 Å². The zero-order valence-electron chi connectivity index (χ0n) is 17.2. The third kappa shape index (κ3) is 4.82. The fraction of sp³-hybridized carbons (Fsp3) is 0.348. The van der Waals surface area contributed by atoms with E-state index in [4.69, 9.17) is 11.6 Å². The highest BCUT2D eigenvalue weighted by atomic mass is 35.5. The molecular weight excluding hydrogens is 416 g/mol. The highest BCUT2D eigenvalue weighted by molar-refractivity contribution is 6.31. The molecule has 2 saturated heterocycles. The van der Waals surface area contributed by atoms with Gasteiger partial charge in [-0.2, -0.15) is 0 Å². The van der Waals surface area contributed by atoms with Gasteiger partial charge in [0.15, 0.2) is 0 Å². The van der Waals surface area contributed by atoms with E-state index in [0.717, 1.165) is 18.8 Å². The molecule has 31 heavy (non-hydrogen) atoms. The standard InChI is InChI=1S/C23H25ClN4O3/c24-18-6-4-5-17(15-18)23(31)28-10-9-25-22(30)20(28)16-21(29)27-13-11-26(12-14-27)19-7-2-1-3-8-19/h1-8,15,20H,9-14,16H2,(H,25,30)/t20-/m0/s1. The summed E-state index contributed by atoms with van der Waals surface area (Å²) >= 11 is 6.02. The van der Waals surface area contributed by atoms with Crippen LogP contribution in [0.25, 0.3) is 0 Å². The SMILES string of the molecule is O=C1NCCN(C(=O)c2cccc(Cl)c2)[C@H]1CC(=O)N1CCN(c2ccccc2)CC1. The lowest BCUT2D eigenvalue weighted by Gasteiger charge is -2.39. The van der Waals surface area contributed by atoms with E-state index in [9.17, 15) is 14.4 Å². The van der Waals surface area contributed by atoms with Gasteiger partial charge in [-0.15, -0.1) is 0 Å². The van der Waals surface area contributed by atoms with E-state index < -0.39 is 6.04 Å². The molecule has 1 N–H and O–H groups in total. The minimum Gasteiger partial charge on any atom is -0.368 e. The van der Waals surface area contributed by atoms with Gasteiger partial charge in [0.05, 0.1) is 6.42 Å². The maximum atomic E-state index is 13.0. The Morgan fingerprint density at radius 2 is 1.71 bits per heavy atom. The van der Waals surface area contributed by atoms with Crippen LogP contribution in [-0.2, 0) is 9.59 Å². The Morgan fingerprint density at radius 3 is 2.42 bits per heavy atom. The molecule has 0 unspecified atom stereocenters. The van der Waals surface area contributed by atoms with Crippen molar-refractivity contribution < 1.29 is 14.4 Å². The van der Waals surface area contributed by atoms with Crippen LogP contribution in [0.15, 0.2) is 54.6 Å². The highest BCUT2D eigenvalue weighted by Gasteiger charge is 2.36. The van der Waals surface area contributed by atoms with E-state index >= 15 is 0 Å². The van der Waals surface area contributed by atoms with Crippen molar-refractivity contribution in [3.8, 4) is 0 Å². The predicted octanol–water partition coefficient (Wildman–Crippen LogP) is 2.02. The van der Waals surface area contributed by atoms with Crippen molar-refractivity contribution in [2.45, 2.75) is 12.5 Å². The molecule has 0 saturated carbocycles. The Morgan fingerprint density at radius 1 is 0.968 bits per heavy atom. The van der Waals surface area contributed by atoms with Gasteiger partial charge in [0, 0.05) is 55.5 Å². The van der Waals surface area contributed by atoms with Crippen LogP contribution in [0.5, 0.6) is 0 Å². The first-order chi connectivity index (χ1) is 15.0. The second-order valence-corrected chi connectivity index (χ2v) is 8.16. The van der Waals surface area contributed by atoms with Crippen molar-refractivity contribution in [3.63, 3.8) is 0 Å². The molecule has 0 aliphatic carbocycles. The number of rotatable bonds is 4. The average Bonchev–Trinajstić information content (AvgIpc) is 2.80. The quantitative estimate of drug-likeness (QED) is 0.789. The summed E-state index contributed by atoms with van der Waals surface area (Å²) in [5, 5.41) is 3.23. The van der Waals surface area contributed by atoms with Crippen LogP contribution in [0.1, 0.15) is 16.8 Å². The van der Waals surface area contributed by atoms with E-state index in [1.807, 2.05) is 18.2 Å². The lowest BCUT2D eigenvalue weighted by Crippen LogP contribution is -2.59. The number of carbonyl (C=O) groups is 3. The van der Waals surface area contributed by atoms with Crippen molar-refractivity contribution in [2.24, 2.45) is 0 Å². The Hall–Kier alpha value is -3.06. The molecule has 1 atom stereocenters. The Labute approximate surface area is 186 Å². The molecule has 2 fully saturated rings. The monoisotopic (exact) mass is 440 g/mol. The van der Waals surface area contributed by atoms with Gasteiger partial charge in [-0.1, -0.05) is 35.9 Å². The molecule has 0 spiro atoms. The minimum absolute atomic E-state index is 0.0243. The molecule has 0 aromatic heterocycles. The fourth-order valence-corrected chi connectivity index (χ4v) is 4.29. The van der Waals surface area contributed by atoms with Crippen LogP contribution in [-0.4, -0.2) is 72.8 Å². The molecule has 4 rings (SSSR count). The summed E-state index contributed by atoms with van der Waals surface area (Å²) in [6.45, 7) is 3.37. The van der Waals surface area contributed by atoms with Crippen LogP contribution in [0.4, 0.5) is 5.69 Å². The topological polar surface area (TPSA) is 73.0 Å². The molecule has 2 aromatic rings. The maximum Gasteiger partial charge on any atom is 0.254 e. The average molecular weight is 441 g/mol. The number of anilines is 1. The van der Waals surface area contributed by atoms with E-state index in [1.165, 1.54) is 4.90 Å².